The fraction of sp³-hybridized carbons (Fsp3) is 0.438. The molecule has 1 unspecified atom stereocenters. The first-order valence-corrected chi connectivity index (χ1v) is 6.96. The first-order valence-electron chi connectivity index (χ1n) is 6.96. The quantitative estimate of drug-likeness (QED) is 0.826. The van der Waals surface area contributed by atoms with Crippen molar-refractivity contribution in [3.8, 4) is 0 Å². The second kappa shape index (κ2) is 6.33. The van der Waals surface area contributed by atoms with E-state index in [9.17, 15) is 0 Å². The third-order valence-corrected chi connectivity index (χ3v) is 3.67. The molecule has 1 saturated heterocycles. The smallest absolute Gasteiger partial charge is 0.101 e. The number of benzene rings is 1. The molecule has 0 aromatic heterocycles. The molecule has 1 aliphatic carbocycles. The number of fused-ring (bicyclic) bond motifs is 1. The first kappa shape index (κ1) is 12.9. The molecule has 3 heteroatoms. The maximum atomic E-state index is 6.02. The van der Waals surface area contributed by atoms with Crippen molar-refractivity contribution in [3.05, 3.63) is 54.0 Å². The van der Waals surface area contributed by atoms with Gasteiger partial charge in [-0.2, -0.15) is 0 Å². The standard InChI is InChI=1S/C16H20NO2/c1-2-6-15-14(4-1)5-3-7-16(15)19-13-10-17-8-11-18-12-9-17/h1-7,16H,8-13H2. The minimum absolute atomic E-state index is 0.0993. The molecule has 3 rings (SSSR count). The molecular formula is C16H20NO2. The second-order valence-corrected chi connectivity index (χ2v) is 4.93. The lowest BCUT2D eigenvalue weighted by atomic mass is 9.95. The van der Waals surface area contributed by atoms with E-state index < -0.39 is 0 Å². The Balaban J connectivity index is 1.52. The van der Waals surface area contributed by atoms with Crippen LogP contribution < -0.4 is 0 Å². The van der Waals surface area contributed by atoms with Crippen LogP contribution in [0.3, 0.4) is 0 Å². The van der Waals surface area contributed by atoms with E-state index in [1.54, 1.807) is 0 Å². The Hall–Kier alpha value is -1.16. The second-order valence-electron chi connectivity index (χ2n) is 4.93. The number of rotatable bonds is 4. The fourth-order valence-electron chi connectivity index (χ4n) is 2.56. The summed E-state index contributed by atoms with van der Waals surface area (Å²) in [6, 6.07) is 8.43. The summed E-state index contributed by atoms with van der Waals surface area (Å²) in [6.07, 6.45) is 6.45. The molecule has 2 aliphatic rings. The molecule has 1 radical (unpaired) electrons. The normalized spacial score (nSPS) is 23.3. The van der Waals surface area contributed by atoms with Crippen LogP contribution in [-0.4, -0.2) is 44.4 Å². The van der Waals surface area contributed by atoms with Gasteiger partial charge in [0.25, 0.3) is 0 Å². The van der Waals surface area contributed by atoms with Gasteiger partial charge in [0.2, 0.25) is 0 Å². The number of morpholine rings is 1. The van der Waals surface area contributed by atoms with Crippen molar-refractivity contribution in [1.29, 1.82) is 0 Å². The van der Waals surface area contributed by atoms with E-state index in [0.29, 0.717) is 0 Å². The van der Waals surface area contributed by atoms with Crippen LogP contribution in [0, 0.1) is 6.42 Å². The van der Waals surface area contributed by atoms with Crippen molar-refractivity contribution in [2.75, 3.05) is 39.5 Å². The number of hydrogen-bond acceptors (Lipinski definition) is 3. The van der Waals surface area contributed by atoms with Crippen LogP contribution in [0.4, 0.5) is 0 Å². The van der Waals surface area contributed by atoms with Crippen molar-refractivity contribution < 1.29 is 9.47 Å². The first-order chi connectivity index (χ1) is 9.43. The topological polar surface area (TPSA) is 21.7 Å². The van der Waals surface area contributed by atoms with E-state index in [1.807, 2.05) is 0 Å². The predicted octanol–water partition coefficient (Wildman–Crippen LogP) is 2.20. The van der Waals surface area contributed by atoms with E-state index in [-0.39, 0.29) is 6.10 Å². The molecule has 0 amide bonds. The average molecular weight is 258 g/mol. The Kier molecular flexibility index (Phi) is 4.28. The van der Waals surface area contributed by atoms with Crippen LogP contribution in [0.2, 0.25) is 0 Å². The van der Waals surface area contributed by atoms with Gasteiger partial charge in [0.1, 0.15) is 6.10 Å². The minimum atomic E-state index is 0.0993. The van der Waals surface area contributed by atoms with Crippen LogP contribution in [0.5, 0.6) is 0 Å². The van der Waals surface area contributed by atoms with Gasteiger partial charge in [-0.15, -0.1) is 0 Å². The summed E-state index contributed by atoms with van der Waals surface area (Å²) in [5.74, 6) is 0. The van der Waals surface area contributed by atoms with Gasteiger partial charge in [0.15, 0.2) is 0 Å². The van der Waals surface area contributed by atoms with Crippen LogP contribution in [0.25, 0.3) is 0 Å². The van der Waals surface area contributed by atoms with Gasteiger partial charge in [-0.05, 0) is 11.1 Å². The van der Waals surface area contributed by atoms with Gasteiger partial charge < -0.3 is 9.47 Å². The molecule has 1 heterocycles. The third-order valence-electron chi connectivity index (χ3n) is 3.67. The molecule has 1 atom stereocenters. The summed E-state index contributed by atoms with van der Waals surface area (Å²) in [5, 5.41) is 0. The molecule has 101 valence electrons. The molecule has 0 bridgehead atoms. The van der Waals surface area contributed by atoms with Crippen molar-refractivity contribution in [2.24, 2.45) is 0 Å². The lowest BCUT2D eigenvalue weighted by Gasteiger charge is -2.27. The molecule has 0 saturated carbocycles. The highest BCUT2D eigenvalue weighted by atomic mass is 16.5. The average Bonchev–Trinajstić information content (AvgIpc) is 2.49. The molecule has 3 nitrogen and oxygen atoms in total. The van der Waals surface area contributed by atoms with E-state index in [2.05, 4.69) is 47.7 Å². The van der Waals surface area contributed by atoms with E-state index in [0.717, 1.165) is 39.5 Å². The van der Waals surface area contributed by atoms with Crippen molar-refractivity contribution >= 4 is 0 Å². The summed E-state index contributed by atoms with van der Waals surface area (Å²) >= 11 is 0. The molecule has 0 N–H and O–H groups in total. The van der Waals surface area contributed by atoms with Crippen molar-refractivity contribution in [3.63, 3.8) is 0 Å². The molecular weight excluding hydrogens is 238 g/mol. The minimum Gasteiger partial charge on any atom is -0.379 e. The lowest BCUT2D eigenvalue weighted by molar-refractivity contribution is 0.0107. The molecule has 1 aromatic carbocycles. The SMILES string of the molecule is [CH]1C=CC(OCCN2CCOCC2)c2ccccc21. The van der Waals surface area contributed by atoms with E-state index in [4.69, 9.17) is 9.47 Å². The predicted molar refractivity (Wildman–Crippen MR) is 74.9 cm³/mol. The number of hydrogen-bond donors (Lipinski definition) is 0. The number of ether oxygens (including phenoxy) is 2. The van der Waals surface area contributed by atoms with Crippen LogP contribution in [0.15, 0.2) is 36.4 Å². The van der Waals surface area contributed by atoms with Gasteiger partial charge >= 0.3 is 0 Å². The largest absolute Gasteiger partial charge is 0.379 e. The Labute approximate surface area is 114 Å². The van der Waals surface area contributed by atoms with Gasteiger partial charge in [0.05, 0.1) is 19.8 Å². The fourth-order valence-corrected chi connectivity index (χ4v) is 2.56. The van der Waals surface area contributed by atoms with Crippen LogP contribution >= 0.6 is 0 Å². The van der Waals surface area contributed by atoms with E-state index in [1.165, 1.54) is 11.1 Å². The van der Waals surface area contributed by atoms with Crippen molar-refractivity contribution in [2.45, 2.75) is 6.10 Å². The van der Waals surface area contributed by atoms with Gasteiger partial charge in [-0.25, -0.2) is 0 Å². The number of allylic oxidation sites excluding steroid dienone is 1. The van der Waals surface area contributed by atoms with Gasteiger partial charge in [-0.3, -0.25) is 4.90 Å². The summed E-state index contributed by atoms with van der Waals surface area (Å²) < 4.78 is 11.4. The molecule has 19 heavy (non-hydrogen) atoms. The maximum absolute atomic E-state index is 6.02. The summed E-state index contributed by atoms with van der Waals surface area (Å²) in [5.41, 5.74) is 2.54. The highest BCUT2D eigenvalue weighted by Crippen LogP contribution is 2.28. The number of nitrogens with zero attached hydrogens (tertiary/aromatic N) is 1. The van der Waals surface area contributed by atoms with Crippen LogP contribution in [-0.2, 0) is 9.47 Å². The van der Waals surface area contributed by atoms with Crippen molar-refractivity contribution in [1.82, 2.24) is 4.90 Å². The van der Waals surface area contributed by atoms with Gasteiger partial charge in [-0.1, -0.05) is 36.4 Å². The summed E-state index contributed by atoms with van der Waals surface area (Å²) in [4.78, 5) is 2.40. The van der Waals surface area contributed by atoms with Crippen LogP contribution in [0.1, 0.15) is 17.2 Å². The van der Waals surface area contributed by atoms with E-state index >= 15 is 0 Å². The molecule has 1 aromatic rings. The highest BCUT2D eigenvalue weighted by molar-refractivity contribution is 5.42. The molecule has 1 fully saturated rings. The zero-order chi connectivity index (χ0) is 12.9. The highest BCUT2D eigenvalue weighted by Gasteiger charge is 2.17. The maximum Gasteiger partial charge on any atom is 0.101 e. The van der Waals surface area contributed by atoms with Gasteiger partial charge in [0, 0.05) is 26.1 Å². The Morgan fingerprint density at radius 1 is 1.21 bits per heavy atom. The Morgan fingerprint density at radius 2 is 2.05 bits per heavy atom. The molecule has 0 spiro atoms. The third kappa shape index (κ3) is 3.24. The molecule has 1 aliphatic heterocycles. The Bertz CT molecular complexity index is 438. The zero-order valence-corrected chi connectivity index (χ0v) is 11.1. The zero-order valence-electron chi connectivity index (χ0n) is 11.1. The Morgan fingerprint density at radius 3 is 2.95 bits per heavy atom. The monoisotopic (exact) mass is 258 g/mol. The lowest BCUT2D eigenvalue weighted by Crippen LogP contribution is -2.38. The summed E-state index contributed by atoms with van der Waals surface area (Å²) in [7, 11) is 0. The summed E-state index contributed by atoms with van der Waals surface area (Å²) in [6.45, 7) is 5.49.